The standard InChI is InChI=1S/C8H7ClN4O3S/c9-17(14,15)8-12-11-7(6-3-16-4-10-6)13(8)5-1-2-5/h3-5H,1-2H2. The Kier molecular flexibility index (Phi) is 2.23. The SMILES string of the molecule is O=S(=O)(Cl)c1nnc(-c2cocn2)n1C1CC1. The third-order valence-corrected chi connectivity index (χ3v) is 3.58. The van der Waals surface area contributed by atoms with Gasteiger partial charge in [-0.2, -0.15) is 0 Å². The van der Waals surface area contributed by atoms with E-state index < -0.39 is 9.05 Å². The summed E-state index contributed by atoms with van der Waals surface area (Å²) in [5, 5.41) is 7.19. The fraction of sp³-hybridized carbons (Fsp3) is 0.375. The number of halogens is 1. The van der Waals surface area contributed by atoms with E-state index in [4.69, 9.17) is 15.1 Å². The maximum atomic E-state index is 11.4. The fourth-order valence-corrected chi connectivity index (χ4v) is 2.53. The lowest BCUT2D eigenvalue weighted by atomic mass is 10.4. The monoisotopic (exact) mass is 274 g/mol. The summed E-state index contributed by atoms with van der Waals surface area (Å²) in [4.78, 5) is 3.92. The first-order chi connectivity index (χ1) is 8.07. The first kappa shape index (κ1) is 10.7. The highest BCUT2D eigenvalue weighted by atomic mass is 35.7. The molecule has 9 heteroatoms. The molecule has 0 saturated heterocycles. The second kappa shape index (κ2) is 3.54. The molecule has 7 nitrogen and oxygen atoms in total. The van der Waals surface area contributed by atoms with Gasteiger partial charge in [0.2, 0.25) is 0 Å². The Labute approximate surface area is 101 Å². The van der Waals surface area contributed by atoms with Gasteiger partial charge in [0.25, 0.3) is 14.2 Å². The molecule has 0 amide bonds. The smallest absolute Gasteiger partial charge is 0.296 e. The van der Waals surface area contributed by atoms with Gasteiger partial charge in [0.15, 0.2) is 12.2 Å². The number of hydrogen-bond donors (Lipinski definition) is 0. The van der Waals surface area contributed by atoms with Crippen molar-refractivity contribution in [3.05, 3.63) is 12.7 Å². The van der Waals surface area contributed by atoms with Crippen molar-refractivity contribution in [2.24, 2.45) is 0 Å². The minimum Gasteiger partial charge on any atom is -0.451 e. The molecular weight excluding hydrogens is 268 g/mol. The average Bonchev–Trinajstić information content (AvgIpc) is 2.81. The van der Waals surface area contributed by atoms with E-state index >= 15 is 0 Å². The Balaban J connectivity index is 2.21. The van der Waals surface area contributed by atoms with Crippen LogP contribution in [0, 0.1) is 0 Å². The molecule has 0 spiro atoms. The quantitative estimate of drug-likeness (QED) is 0.781. The first-order valence-electron chi connectivity index (χ1n) is 4.85. The van der Waals surface area contributed by atoms with Crippen molar-refractivity contribution < 1.29 is 12.8 Å². The van der Waals surface area contributed by atoms with Crippen molar-refractivity contribution in [2.45, 2.75) is 24.0 Å². The number of hydrogen-bond acceptors (Lipinski definition) is 6. The summed E-state index contributed by atoms with van der Waals surface area (Å²) >= 11 is 0. The van der Waals surface area contributed by atoms with Crippen molar-refractivity contribution in [1.29, 1.82) is 0 Å². The fourth-order valence-electron chi connectivity index (χ4n) is 1.60. The predicted molar refractivity (Wildman–Crippen MR) is 56.8 cm³/mol. The summed E-state index contributed by atoms with van der Waals surface area (Å²) < 4.78 is 29.1. The lowest BCUT2D eigenvalue weighted by Crippen LogP contribution is -2.06. The summed E-state index contributed by atoms with van der Waals surface area (Å²) in [6, 6.07) is 0.0697. The zero-order valence-corrected chi connectivity index (χ0v) is 10.0. The van der Waals surface area contributed by atoms with Crippen LogP contribution in [0.1, 0.15) is 18.9 Å². The number of nitrogens with zero attached hydrogens (tertiary/aromatic N) is 4. The molecule has 0 N–H and O–H groups in total. The normalized spacial score (nSPS) is 16.3. The zero-order valence-electron chi connectivity index (χ0n) is 8.45. The molecular formula is C8H7ClN4O3S. The Hall–Kier alpha value is -1.41. The highest BCUT2D eigenvalue weighted by Crippen LogP contribution is 2.40. The largest absolute Gasteiger partial charge is 0.451 e. The van der Waals surface area contributed by atoms with Gasteiger partial charge in [0.1, 0.15) is 12.0 Å². The zero-order chi connectivity index (χ0) is 12.0. The molecule has 1 aliphatic carbocycles. The maximum absolute atomic E-state index is 11.4. The van der Waals surface area contributed by atoms with Crippen LogP contribution in [0.3, 0.4) is 0 Å². The molecule has 3 rings (SSSR count). The summed E-state index contributed by atoms with van der Waals surface area (Å²) in [7, 11) is 1.41. The van der Waals surface area contributed by atoms with E-state index in [1.807, 2.05) is 0 Å². The van der Waals surface area contributed by atoms with Crippen molar-refractivity contribution in [1.82, 2.24) is 19.7 Å². The van der Waals surface area contributed by atoms with Crippen LogP contribution < -0.4 is 0 Å². The van der Waals surface area contributed by atoms with Gasteiger partial charge in [-0.3, -0.25) is 4.57 Å². The Morgan fingerprint density at radius 1 is 1.41 bits per heavy atom. The van der Waals surface area contributed by atoms with Crippen LogP contribution in [0.5, 0.6) is 0 Å². The molecule has 2 aromatic rings. The van der Waals surface area contributed by atoms with E-state index in [0.717, 1.165) is 12.8 Å². The van der Waals surface area contributed by atoms with Crippen molar-refractivity contribution in [2.75, 3.05) is 0 Å². The molecule has 17 heavy (non-hydrogen) atoms. The van der Waals surface area contributed by atoms with Gasteiger partial charge in [-0.1, -0.05) is 0 Å². The topological polar surface area (TPSA) is 90.9 Å². The van der Waals surface area contributed by atoms with Crippen molar-refractivity contribution in [3.63, 3.8) is 0 Å². The van der Waals surface area contributed by atoms with E-state index in [1.54, 1.807) is 0 Å². The van der Waals surface area contributed by atoms with Gasteiger partial charge in [0.05, 0.1) is 0 Å². The molecule has 0 bridgehead atoms. The van der Waals surface area contributed by atoms with Gasteiger partial charge in [-0.15, -0.1) is 10.2 Å². The van der Waals surface area contributed by atoms with Crippen LogP contribution in [0.15, 0.2) is 22.2 Å². The molecule has 0 unspecified atom stereocenters. The lowest BCUT2D eigenvalue weighted by molar-refractivity contribution is 0.557. The third-order valence-electron chi connectivity index (χ3n) is 2.46. The van der Waals surface area contributed by atoms with Gasteiger partial charge < -0.3 is 4.42 Å². The van der Waals surface area contributed by atoms with Gasteiger partial charge in [-0.05, 0) is 12.8 Å². The molecule has 0 aromatic carbocycles. The highest BCUT2D eigenvalue weighted by molar-refractivity contribution is 8.13. The summed E-state index contributed by atoms with van der Waals surface area (Å²) in [6.45, 7) is 0. The van der Waals surface area contributed by atoms with E-state index in [1.165, 1.54) is 17.2 Å². The molecule has 90 valence electrons. The highest BCUT2D eigenvalue weighted by Gasteiger charge is 2.34. The molecule has 0 atom stereocenters. The van der Waals surface area contributed by atoms with Crippen LogP contribution >= 0.6 is 10.7 Å². The molecule has 1 fully saturated rings. The summed E-state index contributed by atoms with van der Waals surface area (Å²) in [5.41, 5.74) is 0.441. The molecule has 2 aromatic heterocycles. The van der Waals surface area contributed by atoms with Crippen LogP contribution in [-0.2, 0) is 9.05 Å². The van der Waals surface area contributed by atoms with Gasteiger partial charge in [0, 0.05) is 16.7 Å². The van der Waals surface area contributed by atoms with Gasteiger partial charge >= 0.3 is 0 Å². The minimum absolute atomic E-state index is 0.0697. The molecule has 0 aliphatic heterocycles. The Morgan fingerprint density at radius 3 is 2.71 bits per heavy atom. The second-order valence-electron chi connectivity index (χ2n) is 3.72. The van der Waals surface area contributed by atoms with E-state index in [2.05, 4.69) is 15.2 Å². The van der Waals surface area contributed by atoms with Crippen LogP contribution in [0.2, 0.25) is 0 Å². The van der Waals surface area contributed by atoms with Gasteiger partial charge in [-0.25, -0.2) is 13.4 Å². The summed E-state index contributed by atoms with van der Waals surface area (Å²) in [5.74, 6) is 0.362. The van der Waals surface area contributed by atoms with Crippen molar-refractivity contribution >= 4 is 19.7 Å². The van der Waals surface area contributed by atoms with Crippen LogP contribution in [0.4, 0.5) is 0 Å². The minimum atomic E-state index is -3.91. The molecule has 1 saturated carbocycles. The van der Waals surface area contributed by atoms with E-state index in [0.29, 0.717) is 11.5 Å². The van der Waals surface area contributed by atoms with Crippen molar-refractivity contribution in [3.8, 4) is 11.5 Å². The molecule has 1 aliphatic rings. The Morgan fingerprint density at radius 2 is 2.18 bits per heavy atom. The number of aromatic nitrogens is 4. The van der Waals surface area contributed by atoms with E-state index in [-0.39, 0.29) is 11.2 Å². The lowest BCUT2D eigenvalue weighted by Gasteiger charge is -2.04. The molecule has 0 radical (unpaired) electrons. The second-order valence-corrected chi connectivity index (χ2v) is 6.18. The first-order valence-corrected chi connectivity index (χ1v) is 7.16. The predicted octanol–water partition coefficient (Wildman–Crippen LogP) is 1.20. The summed E-state index contributed by atoms with van der Waals surface area (Å²) in [6.07, 6.45) is 4.38. The van der Waals surface area contributed by atoms with Crippen LogP contribution in [-0.4, -0.2) is 28.2 Å². The third kappa shape index (κ3) is 1.83. The van der Waals surface area contributed by atoms with E-state index in [9.17, 15) is 8.42 Å². The Bertz CT molecular complexity index is 644. The number of oxazole rings is 1. The maximum Gasteiger partial charge on any atom is 0.296 e. The average molecular weight is 275 g/mol. The number of rotatable bonds is 3. The van der Waals surface area contributed by atoms with Crippen LogP contribution in [0.25, 0.3) is 11.5 Å². The molecule has 2 heterocycles.